The van der Waals surface area contributed by atoms with Crippen molar-refractivity contribution in [2.45, 2.75) is 89.7 Å². The molecule has 2 saturated carbocycles. The van der Waals surface area contributed by atoms with Crippen molar-refractivity contribution in [2.75, 3.05) is 5.32 Å². The van der Waals surface area contributed by atoms with Gasteiger partial charge in [-0.05, 0) is 97.3 Å². The van der Waals surface area contributed by atoms with E-state index in [2.05, 4.69) is 21.9 Å². The Bertz CT molecular complexity index is 2000. The lowest BCUT2D eigenvalue weighted by molar-refractivity contribution is -0.145. The number of fused-ring (bicyclic) bond motifs is 1. The molecule has 52 heavy (non-hydrogen) atoms. The van der Waals surface area contributed by atoms with E-state index in [9.17, 15) is 27.2 Å². The molecule has 3 amide bonds. The maximum Gasteiger partial charge on any atom is 0.259 e. The van der Waals surface area contributed by atoms with E-state index in [1.54, 1.807) is 49.4 Å². The van der Waals surface area contributed by atoms with Gasteiger partial charge in [-0.15, -0.1) is 6.58 Å². The van der Waals surface area contributed by atoms with Gasteiger partial charge in [0.1, 0.15) is 34.9 Å². The highest BCUT2D eigenvalue weighted by molar-refractivity contribution is 7.91. The molecule has 2 aliphatic carbocycles. The summed E-state index contributed by atoms with van der Waals surface area (Å²) in [4.78, 5) is 44.2. The number of benzene rings is 3. The number of hydrogen-bond donors (Lipinski definition) is 3. The van der Waals surface area contributed by atoms with Crippen molar-refractivity contribution >= 4 is 45.0 Å². The Morgan fingerprint density at radius 1 is 1.04 bits per heavy atom. The molecule has 3 N–H and O–H groups in total. The first-order chi connectivity index (χ1) is 23.9. The van der Waals surface area contributed by atoms with Crippen LogP contribution in [0.25, 0.3) is 0 Å². The van der Waals surface area contributed by atoms with E-state index < -0.39 is 61.4 Å². The average Bonchev–Trinajstić information content (AvgIpc) is 3.99. The fourth-order valence-electron chi connectivity index (χ4n) is 6.40. The highest BCUT2D eigenvalue weighted by Gasteiger charge is 2.62. The minimum atomic E-state index is -3.98. The number of amides is 3. The van der Waals surface area contributed by atoms with E-state index in [4.69, 9.17) is 16.3 Å². The summed E-state index contributed by atoms with van der Waals surface area (Å²) in [5.41, 5.74) is -0.109. The summed E-state index contributed by atoms with van der Waals surface area (Å²) in [6, 6.07) is 16.1. The van der Waals surface area contributed by atoms with Crippen molar-refractivity contribution in [1.82, 2.24) is 14.9 Å². The standard InChI is InChI=1S/C38H42ClFN4O6S.CH4/c1-6-25-21-38(25,35(47)43-51(48,49)37(5)16-17-37)42-33(45)31-19-24-18-30(50-29-9-7-8-26(39)20-29)15-10-23(24)22-44(31)34(46)32(36(2,3)4)41-28-13-11-27(40)12-14-28;/h6-15,18,20,25,31-32,41H,1,16-17,19,21-22H2,2-5H3,(H,42,45)(H,43,47);1H4/t25-,31-,32-,38-;/m1./s1. The highest BCUT2D eigenvalue weighted by Crippen LogP contribution is 2.47. The lowest BCUT2D eigenvalue weighted by Gasteiger charge is -2.41. The Morgan fingerprint density at radius 2 is 1.71 bits per heavy atom. The first-order valence-electron chi connectivity index (χ1n) is 16.8. The van der Waals surface area contributed by atoms with Crippen LogP contribution in [0.4, 0.5) is 10.1 Å². The molecule has 13 heteroatoms. The van der Waals surface area contributed by atoms with Crippen molar-refractivity contribution < 1.29 is 31.9 Å². The second-order valence-electron chi connectivity index (χ2n) is 15.0. The van der Waals surface area contributed by atoms with Gasteiger partial charge in [-0.1, -0.05) is 58.0 Å². The van der Waals surface area contributed by atoms with E-state index in [0.717, 1.165) is 11.1 Å². The molecule has 2 fully saturated rings. The molecule has 278 valence electrons. The van der Waals surface area contributed by atoms with Crippen LogP contribution in [0.1, 0.15) is 65.5 Å². The fraction of sp³-hybridized carbons (Fsp3) is 0.410. The Balaban J connectivity index is 0.00000523. The minimum Gasteiger partial charge on any atom is -0.457 e. The molecule has 0 bridgehead atoms. The van der Waals surface area contributed by atoms with Crippen molar-refractivity contribution in [2.24, 2.45) is 11.3 Å². The first kappa shape index (κ1) is 38.8. The van der Waals surface area contributed by atoms with Crippen molar-refractivity contribution in [3.8, 4) is 11.5 Å². The minimum absolute atomic E-state index is 0. The number of ether oxygens (including phenoxy) is 1. The van der Waals surface area contributed by atoms with Gasteiger partial charge in [0.05, 0.1) is 4.75 Å². The first-order valence-corrected chi connectivity index (χ1v) is 18.7. The van der Waals surface area contributed by atoms with E-state index in [0.29, 0.717) is 35.1 Å². The van der Waals surface area contributed by atoms with Gasteiger partial charge in [-0.3, -0.25) is 19.1 Å². The normalized spacial score (nSPS) is 22.1. The molecular weight excluding hydrogens is 707 g/mol. The third-order valence-electron chi connectivity index (χ3n) is 10.1. The molecule has 1 aliphatic heterocycles. The van der Waals surface area contributed by atoms with Crippen LogP contribution in [0.15, 0.2) is 79.4 Å². The molecule has 3 aliphatic rings. The van der Waals surface area contributed by atoms with Crippen LogP contribution in [-0.2, 0) is 37.4 Å². The Labute approximate surface area is 310 Å². The second-order valence-corrected chi connectivity index (χ2v) is 17.7. The molecule has 3 aromatic rings. The number of nitrogens with zero attached hydrogens (tertiary/aromatic N) is 1. The number of carbonyl (C=O) groups is 3. The van der Waals surface area contributed by atoms with Crippen LogP contribution < -0.4 is 20.1 Å². The Hall–Kier alpha value is -4.42. The zero-order valence-electron chi connectivity index (χ0n) is 29.0. The van der Waals surface area contributed by atoms with Crippen LogP contribution >= 0.6 is 11.6 Å². The second kappa shape index (κ2) is 14.2. The molecule has 3 aromatic carbocycles. The molecule has 0 saturated heterocycles. The van der Waals surface area contributed by atoms with E-state index in [1.807, 2.05) is 32.9 Å². The number of nitrogens with one attached hydrogen (secondary N) is 3. The van der Waals surface area contributed by atoms with Crippen molar-refractivity contribution in [1.29, 1.82) is 0 Å². The molecule has 1 heterocycles. The highest BCUT2D eigenvalue weighted by atomic mass is 35.5. The quantitative estimate of drug-likeness (QED) is 0.185. The molecule has 0 unspecified atom stereocenters. The summed E-state index contributed by atoms with van der Waals surface area (Å²) in [7, 11) is -3.98. The fourth-order valence-corrected chi connectivity index (χ4v) is 7.89. The molecular formula is C39H46ClFN4O6S. The van der Waals surface area contributed by atoms with E-state index >= 15 is 0 Å². The zero-order valence-corrected chi connectivity index (χ0v) is 30.5. The van der Waals surface area contributed by atoms with Crippen LogP contribution in [-0.4, -0.2) is 53.4 Å². The van der Waals surface area contributed by atoms with Gasteiger partial charge in [0.15, 0.2) is 0 Å². The Morgan fingerprint density at radius 3 is 2.31 bits per heavy atom. The van der Waals surface area contributed by atoms with Gasteiger partial charge in [0, 0.05) is 29.6 Å². The van der Waals surface area contributed by atoms with Crippen LogP contribution in [0.2, 0.25) is 5.02 Å². The average molecular weight is 753 g/mol. The van der Waals surface area contributed by atoms with Gasteiger partial charge in [0.2, 0.25) is 21.8 Å². The summed E-state index contributed by atoms with van der Waals surface area (Å²) >= 11 is 6.15. The zero-order chi connectivity index (χ0) is 36.9. The predicted octanol–water partition coefficient (Wildman–Crippen LogP) is 6.75. The van der Waals surface area contributed by atoms with Gasteiger partial charge in [0.25, 0.3) is 5.91 Å². The molecule has 10 nitrogen and oxygen atoms in total. The molecule has 4 atom stereocenters. The number of carbonyl (C=O) groups excluding carboxylic acids is 3. The topological polar surface area (TPSA) is 134 Å². The molecule has 6 rings (SSSR count). The monoisotopic (exact) mass is 752 g/mol. The maximum absolute atomic E-state index is 14.6. The third kappa shape index (κ3) is 7.83. The number of halogens is 2. The van der Waals surface area contributed by atoms with E-state index in [1.165, 1.54) is 23.1 Å². The molecule has 0 radical (unpaired) electrons. The Kier molecular flexibility index (Phi) is 10.6. The number of rotatable bonds is 11. The lowest BCUT2D eigenvalue weighted by Crippen LogP contribution is -2.61. The van der Waals surface area contributed by atoms with Crippen LogP contribution in [0.3, 0.4) is 0 Å². The van der Waals surface area contributed by atoms with Gasteiger partial charge in [-0.2, -0.15) is 0 Å². The molecule has 0 aromatic heterocycles. The predicted molar refractivity (Wildman–Crippen MR) is 200 cm³/mol. The summed E-state index contributed by atoms with van der Waals surface area (Å²) in [5.74, 6) is -1.72. The lowest BCUT2D eigenvalue weighted by atomic mass is 9.84. The van der Waals surface area contributed by atoms with E-state index in [-0.39, 0.29) is 32.7 Å². The summed E-state index contributed by atoms with van der Waals surface area (Å²) in [6.45, 7) is 11.1. The number of sulfonamides is 1. The summed E-state index contributed by atoms with van der Waals surface area (Å²) < 4.78 is 47.0. The molecule has 0 spiro atoms. The smallest absolute Gasteiger partial charge is 0.259 e. The summed E-state index contributed by atoms with van der Waals surface area (Å²) in [6.07, 6.45) is 2.63. The van der Waals surface area contributed by atoms with Crippen molar-refractivity contribution in [3.05, 3.63) is 101 Å². The number of anilines is 1. The van der Waals surface area contributed by atoms with Crippen LogP contribution in [0, 0.1) is 17.2 Å². The van der Waals surface area contributed by atoms with Gasteiger partial charge >= 0.3 is 0 Å². The SMILES string of the molecule is C.C=C[C@@H]1C[C@]1(NC(=O)[C@H]1Cc2cc(Oc3cccc(Cl)c3)ccc2CN1C(=O)[C@@H](Nc1ccc(F)cc1)C(C)(C)C)C(=O)NS(=O)(=O)C1(C)CC1. The number of hydrogen-bond acceptors (Lipinski definition) is 7. The summed E-state index contributed by atoms with van der Waals surface area (Å²) in [5, 5.41) is 6.61. The van der Waals surface area contributed by atoms with Gasteiger partial charge < -0.3 is 20.3 Å². The van der Waals surface area contributed by atoms with Crippen molar-refractivity contribution in [3.63, 3.8) is 0 Å². The van der Waals surface area contributed by atoms with Gasteiger partial charge in [-0.25, -0.2) is 12.8 Å². The largest absolute Gasteiger partial charge is 0.457 e. The van der Waals surface area contributed by atoms with Crippen LogP contribution in [0.5, 0.6) is 11.5 Å². The maximum atomic E-state index is 14.6. The third-order valence-corrected chi connectivity index (χ3v) is 12.5.